The largest absolute Gasteiger partial charge is 0.456 e. The number of rotatable bonds is 2. The minimum absolute atomic E-state index is 0.911. The van der Waals surface area contributed by atoms with E-state index in [1.165, 1.54) is 70.6 Å². The van der Waals surface area contributed by atoms with E-state index >= 15 is 0 Å². The van der Waals surface area contributed by atoms with E-state index in [0.717, 1.165) is 64.4 Å². The number of hydrogen-bond acceptors (Lipinski definition) is 2. The molecule has 0 aliphatic heterocycles. The lowest BCUT2D eigenvalue weighted by molar-refractivity contribution is 0.598. The number of aryl methyl sites for hydroxylation is 1. The molecule has 2 heteroatoms. The molecule has 0 unspecified atom stereocenters. The summed E-state index contributed by atoms with van der Waals surface area (Å²) < 4.78 is 13.3. The number of allylic oxidation sites excluding steroid dienone is 1. The zero-order valence-corrected chi connectivity index (χ0v) is 26.3. The Balaban J connectivity index is 1.26. The van der Waals surface area contributed by atoms with Crippen LogP contribution in [0.15, 0.2) is 124 Å². The highest BCUT2D eigenvalue weighted by Gasteiger charge is 2.25. The van der Waals surface area contributed by atoms with Crippen molar-refractivity contribution in [2.75, 3.05) is 0 Å². The van der Waals surface area contributed by atoms with Crippen molar-refractivity contribution in [2.45, 2.75) is 25.7 Å². The molecule has 2 aliphatic carbocycles. The zero-order chi connectivity index (χ0) is 31.3. The standard InChI is InChI=1S/C46H30O2/c1-2-14-29-27(12-1)13-11-22-30(29)42-33-17-5-3-15-31(33)41(32-16-4-6-18-34(32)42)28-24-25-40-38(26-28)43-35-19-7-8-20-36(35)45-44(46(43)48-40)37-21-9-10-23-39(37)47-45/h1-3,5,7-8,10-20,22-26H,4,6,9,21H2. The molecule has 2 aromatic heterocycles. The molecule has 7 aromatic carbocycles. The van der Waals surface area contributed by atoms with Crippen molar-refractivity contribution in [1.82, 2.24) is 0 Å². The highest BCUT2D eigenvalue weighted by atomic mass is 16.3. The minimum atomic E-state index is 0.911. The number of furan rings is 2. The van der Waals surface area contributed by atoms with Crippen LogP contribution in [0.3, 0.4) is 0 Å². The summed E-state index contributed by atoms with van der Waals surface area (Å²) in [6.07, 6.45) is 13.3. The topological polar surface area (TPSA) is 26.3 Å². The average Bonchev–Trinajstić information content (AvgIpc) is 3.73. The van der Waals surface area contributed by atoms with Crippen molar-refractivity contribution in [3.63, 3.8) is 0 Å². The van der Waals surface area contributed by atoms with Gasteiger partial charge in [0, 0.05) is 21.7 Å². The van der Waals surface area contributed by atoms with Crippen LogP contribution in [0, 0.1) is 0 Å². The van der Waals surface area contributed by atoms with Gasteiger partial charge in [-0.1, -0.05) is 115 Å². The van der Waals surface area contributed by atoms with Crippen LogP contribution in [-0.2, 0) is 6.42 Å². The van der Waals surface area contributed by atoms with Crippen molar-refractivity contribution in [2.24, 2.45) is 0 Å². The van der Waals surface area contributed by atoms with E-state index in [1.54, 1.807) is 0 Å². The fourth-order valence-corrected chi connectivity index (χ4v) is 8.71. The smallest absolute Gasteiger partial charge is 0.147 e. The van der Waals surface area contributed by atoms with Crippen molar-refractivity contribution in [1.29, 1.82) is 0 Å². The summed E-state index contributed by atoms with van der Waals surface area (Å²) >= 11 is 0. The quantitative estimate of drug-likeness (QED) is 0.194. The van der Waals surface area contributed by atoms with Crippen molar-refractivity contribution in [3.05, 3.63) is 137 Å². The first-order valence-corrected chi connectivity index (χ1v) is 17.1. The van der Waals surface area contributed by atoms with Gasteiger partial charge in [0.25, 0.3) is 0 Å². The van der Waals surface area contributed by atoms with Crippen LogP contribution in [0.5, 0.6) is 0 Å². The third kappa shape index (κ3) is 3.52. The van der Waals surface area contributed by atoms with E-state index < -0.39 is 0 Å². The van der Waals surface area contributed by atoms with Crippen LogP contribution in [0.2, 0.25) is 0 Å². The second-order valence-corrected chi connectivity index (χ2v) is 13.3. The molecule has 11 rings (SSSR count). The molecule has 0 N–H and O–H groups in total. The van der Waals surface area contributed by atoms with Gasteiger partial charge in [0.15, 0.2) is 0 Å². The van der Waals surface area contributed by atoms with Gasteiger partial charge in [0.05, 0.1) is 5.39 Å². The molecular formula is C46H30O2. The number of hydrogen-bond donors (Lipinski definition) is 0. The van der Waals surface area contributed by atoms with Crippen molar-refractivity contribution in [3.8, 4) is 22.3 Å². The molecule has 9 aromatic rings. The first kappa shape index (κ1) is 26.2. The Morgan fingerprint density at radius 2 is 1.21 bits per heavy atom. The molecule has 0 amide bonds. The van der Waals surface area contributed by atoms with Crippen LogP contribution in [0.25, 0.3) is 106 Å². The molecule has 0 atom stereocenters. The monoisotopic (exact) mass is 614 g/mol. The molecule has 0 saturated carbocycles. The fraction of sp³-hybridized carbons (Fsp3) is 0.0870. The number of fused-ring (bicyclic) bond motifs is 13. The second kappa shape index (κ2) is 9.82. The fourth-order valence-electron chi connectivity index (χ4n) is 8.71. The van der Waals surface area contributed by atoms with Gasteiger partial charge in [-0.3, -0.25) is 0 Å². The summed E-state index contributed by atoms with van der Waals surface area (Å²) in [7, 11) is 0. The molecule has 48 heavy (non-hydrogen) atoms. The van der Waals surface area contributed by atoms with Crippen LogP contribution in [0.4, 0.5) is 0 Å². The molecule has 0 bridgehead atoms. The molecule has 0 radical (unpaired) electrons. The Labute approximate surface area is 276 Å². The van der Waals surface area contributed by atoms with Crippen molar-refractivity contribution >= 4 is 83.5 Å². The Hall–Kier alpha value is -5.86. The summed E-state index contributed by atoms with van der Waals surface area (Å²) in [6, 6.07) is 40.0. The molecule has 2 aliphatic rings. The third-order valence-electron chi connectivity index (χ3n) is 10.7. The maximum Gasteiger partial charge on any atom is 0.147 e. The summed E-state index contributed by atoms with van der Waals surface area (Å²) in [5.74, 6) is 0.964. The summed E-state index contributed by atoms with van der Waals surface area (Å²) in [6.45, 7) is 0. The van der Waals surface area contributed by atoms with Gasteiger partial charge in [-0.05, 0) is 104 Å². The normalized spacial score (nSPS) is 14.2. The van der Waals surface area contributed by atoms with E-state index in [-0.39, 0.29) is 0 Å². The van der Waals surface area contributed by atoms with Gasteiger partial charge in [0.1, 0.15) is 22.5 Å². The van der Waals surface area contributed by atoms with Gasteiger partial charge in [0.2, 0.25) is 0 Å². The first-order chi connectivity index (χ1) is 23.8. The Kier molecular flexibility index (Phi) is 5.37. The van der Waals surface area contributed by atoms with Crippen molar-refractivity contribution < 1.29 is 8.83 Å². The molecule has 2 heterocycles. The van der Waals surface area contributed by atoms with E-state index in [0.29, 0.717) is 0 Å². The van der Waals surface area contributed by atoms with E-state index in [1.807, 2.05) is 0 Å². The van der Waals surface area contributed by atoms with Gasteiger partial charge in [-0.15, -0.1) is 0 Å². The molecule has 0 spiro atoms. The minimum Gasteiger partial charge on any atom is -0.456 e. The lowest BCUT2D eigenvalue weighted by atomic mass is 9.85. The zero-order valence-electron chi connectivity index (χ0n) is 26.3. The Morgan fingerprint density at radius 3 is 2.06 bits per heavy atom. The molecule has 0 saturated heterocycles. The Morgan fingerprint density at radius 1 is 0.500 bits per heavy atom. The molecule has 0 fully saturated rings. The highest BCUT2D eigenvalue weighted by Crippen LogP contribution is 2.46. The van der Waals surface area contributed by atoms with Crippen LogP contribution in [0.1, 0.15) is 30.6 Å². The van der Waals surface area contributed by atoms with Gasteiger partial charge < -0.3 is 8.83 Å². The van der Waals surface area contributed by atoms with E-state index in [9.17, 15) is 0 Å². The maximum absolute atomic E-state index is 6.81. The summed E-state index contributed by atoms with van der Waals surface area (Å²) in [4.78, 5) is 0. The summed E-state index contributed by atoms with van der Waals surface area (Å²) in [5.41, 5.74) is 9.19. The SMILES string of the molecule is C1=Cc2oc3c4ccccc4c4c5cc(-c6c7c(c(-c8cccc9ccccc89)c8ccccc68)=CCCC=7)ccc5oc4c3c2CC1. The second-order valence-electron chi connectivity index (χ2n) is 13.3. The van der Waals surface area contributed by atoms with E-state index in [2.05, 4.69) is 133 Å². The summed E-state index contributed by atoms with van der Waals surface area (Å²) in [5, 5.41) is 13.6. The molecule has 226 valence electrons. The van der Waals surface area contributed by atoms with Gasteiger partial charge in [-0.25, -0.2) is 0 Å². The van der Waals surface area contributed by atoms with Crippen LogP contribution in [-0.4, -0.2) is 0 Å². The van der Waals surface area contributed by atoms with E-state index in [4.69, 9.17) is 8.83 Å². The van der Waals surface area contributed by atoms with Gasteiger partial charge in [-0.2, -0.15) is 0 Å². The maximum atomic E-state index is 6.81. The Bertz CT molecular complexity index is 3000. The van der Waals surface area contributed by atoms with Crippen LogP contribution >= 0.6 is 0 Å². The molecular weight excluding hydrogens is 585 g/mol. The number of benzene rings is 7. The predicted octanol–water partition coefficient (Wildman–Crippen LogP) is 11.4. The first-order valence-electron chi connectivity index (χ1n) is 17.1. The third-order valence-corrected chi connectivity index (χ3v) is 10.7. The lowest BCUT2D eigenvalue weighted by Gasteiger charge is -2.18. The highest BCUT2D eigenvalue weighted by molar-refractivity contribution is 6.30. The average molecular weight is 615 g/mol. The van der Waals surface area contributed by atoms with Gasteiger partial charge >= 0.3 is 0 Å². The molecule has 2 nitrogen and oxygen atoms in total. The lowest BCUT2D eigenvalue weighted by Crippen LogP contribution is -2.31. The van der Waals surface area contributed by atoms with Crippen LogP contribution < -0.4 is 10.4 Å². The predicted molar refractivity (Wildman–Crippen MR) is 202 cm³/mol.